The zero-order valence-corrected chi connectivity index (χ0v) is 18.0. The van der Waals surface area contributed by atoms with Crippen molar-refractivity contribution in [1.29, 1.82) is 0 Å². The Balaban J connectivity index is 1.34. The minimum absolute atomic E-state index is 0.0826. The van der Waals surface area contributed by atoms with Crippen molar-refractivity contribution in [2.75, 3.05) is 18.4 Å². The molecule has 3 heterocycles. The van der Waals surface area contributed by atoms with E-state index in [2.05, 4.69) is 31.3 Å². The Bertz CT molecular complexity index is 1270. The summed E-state index contributed by atoms with van der Waals surface area (Å²) >= 11 is 6.12. The number of carbonyl (C=O) groups is 3. The molecule has 0 spiro atoms. The van der Waals surface area contributed by atoms with Crippen LogP contribution >= 0.6 is 11.6 Å². The van der Waals surface area contributed by atoms with E-state index in [4.69, 9.17) is 11.6 Å². The van der Waals surface area contributed by atoms with Crippen LogP contribution in [-0.4, -0.2) is 56.3 Å². The van der Waals surface area contributed by atoms with Crippen molar-refractivity contribution in [3.63, 3.8) is 0 Å². The predicted octanol–water partition coefficient (Wildman–Crippen LogP) is 1.86. The Labute approximate surface area is 193 Å². The Morgan fingerprint density at radius 2 is 2.00 bits per heavy atom. The second kappa shape index (κ2) is 8.47. The van der Waals surface area contributed by atoms with Gasteiger partial charge in [0, 0.05) is 39.9 Å². The maximum atomic E-state index is 13.0. The van der Waals surface area contributed by atoms with E-state index in [1.807, 2.05) is 6.07 Å². The molecule has 2 aromatic carbocycles. The van der Waals surface area contributed by atoms with Crippen molar-refractivity contribution in [2.45, 2.75) is 12.3 Å². The van der Waals surface area contributed by atoms with Crippen molar-refractivity contribution in [3.05, 3.63) is 70.4 Å². The van der Waals surface area contributed by atoms with Crippen molar-refractivity contribution in [1.82, 2.24) is 30.8 Å². The number of aromatic nitrogens is 4. The highest BCUT2D eigenvalue weighted by Crippen LogP contribution is 2.39. The average Bonchev–Trinajstić information content (AvgIpc) is 3.47. The molecule has 1 aromatic heterocycles. The Kier molecular flexibility index (Phi) is 5.35. The molecule has 3 N–H and O–H groups in total. The number of nitrogens with one attached hydrogen (secondary N) is 3. The Hall–Kier alpha value is -4.05. The van der Waals surface area contributed by atoms with Crippen LogP contribution < -0.4 is 10.6 Å². The molecule has 0 fully saturated rings. The number of H-pyrrole nitrogens is 1. The monoisotopic (exact) mass is 463 g/mol. The third-order valence-corrected chi connectivity index (χ3v) is 5.89. The summed E-state index contributed by atoms with van der Waals surface area (Å²) in [6.07, 6.45) is 0.0826. The van der Waals surface area contributed by atoms with E-state index in [1.165, 1.54) is 4.90 Å². The topological polar surface area (TPSA) is 133 Å². The van der Waals surface area contributed by atoms with Crippen LogP contribution in [0.4, 0.5) is 5.69 Å². The van der Waals surface area contributed by atoms with Gasteiger partial charge >= 0.3 is 0 Å². The van der Waals surface area contributed by atoms with Crippen molar-refractivity contribution >= 4 is 35.0 Å². The molecule has 2 aliphatic rings. The summed E-state index contributed by atoms with van der Waals surface area (Å²) in [5.74, 6) is -0.782. The standard InChI is InChI=1S/C22H18ClN7O3/c23-14-3-1-2-13(8-14)16-9-19(32)30(17-10-24-22(33)20(16)17)11-18(31)25-15-6-4-12(5-7-15)21-26-28-29-27-21/h1-8,16H,9-11H2,(H,24,33)(H,25,31)(H,26,27,28,29). The van der Waals surface area contributed by atoms with Gasteiger partial charge in [0.05, 0.1) is 6.54 Å². The first-order valence-electron chi connectivity index (χ1n) is 10.2. The molecule has 1 atom stereocenters. The summed E-state index contributed by atoms with van der Waals surface area (Å²) in [6.45, 7) is 0.00509. The summed E-state index contributed by atoms with van der Waals surface area (Å²) in [6, 6.07) is 14.1. The van der Waals surface area contributed by atoms with Crippen LogP contribution in [0.2, 0.25) is 5.02 Å². The molecule has 11 heteroatoms. The molecule has 33 heavy (non-hydrogen) atoms. The summed E-state index contributed by atoms with van der Waals surface area (Å²) < 4.78 is 0. The molecule has 0 radical (unpaired) electrons. The van der Waals surface area contributed by atoms with Gasteiger partial charge < -0.3 is 15.5 Å². The minimum atomic E-state index is -0.398. The molecule has 0 aliphatic carbocycles. The van der Waals surface area contributed by atoms with E-state index < -0.39 is 5.92 Å². The number of carbonyl (C=O) groups excluding carboxylic acids is 3. The Morgan fingerprint density at radius 3 is 2.73 bits per heavy atom. The number of halogens is 1. The first kappa shape index (κ1) is 20.8. The van der Waals surface area contributed by atoms with Gasteiger partial charge in [-0.25, -0.2) is 0 Å². The van der Waals surface area contributed by atoms with E-state index >= 15 is 0 Å². The van der Waals surface area contributed by atoms with Gasteiger partial charge in [-0.05, 0) is 47.2 Å². The highest BCUT2D eigenvalue weighted by Gasteiger charge is 2.41. The predicted molar refractivity (Wildman–Crippen MR) is 119 cm³/mol. The zero-order chi connectivity index (χ0) is 22.9. The maximum absolute atomic E-state index is 13.0. The summed E-state index contributed by atoms with van der Waals surface area (Å²) in [7, 11) is 0. The molecule has 0 bridgehead atoms. The summed E-state index contributed by atoms with van der Waals surface area (Å²) in [4.78, 5) is 39.7. The molecule has 0 saturated heterocycles. The number of hydrogen-bond donors (Lipinski definition) is 3. The number of aromatic amines is 1. The average molecular weight is 464 g/mol. The molecule has 166 valence electrons. The fourth-order valence-electron chi connectivity index (χ4n) is 4.15. The van der Waals surface area contributed by atoms with Gasteiger partial charge in [-0.1, -0.05) is 23.7 Å². The van der Waals surface area contributed by atoms with Gasteiger partial charge in [0.1, 0.15) is 6.54 Å². The summed E-state index contributed by atoms with van der Waals surface area (Å²) in [5.41, 5.74) is 3.14. The van der Waals surface area contributed by atoms with Crippen LogP contribution in [0.1, 0.15) is 17.9 Å². The van der Waals surface area contributed by atoms with E-state index in [0.29, 0.717) is 27.8 Å². The van der Waals surface area contributed by atoms with Gasteiger partial charge in [0.25, 0.3) is 0 Å². The molecule has 5 rings (SSSR count). The fourth-order valence-corrected chi connectivity index (χ4v) is 4.34. The number of nitrogens with zero attached hydrogens (tertiary/aromatic N) is 4. The SMILES string of the molecule is O=C(CN1C(=O)CC(c2cccc(Cl)c2)C2=C1CNC2=O)Nc1ccc(-c2nn[nH]n2)cc1. The Morgan fingerprint density at radius 1 is 1.18 bits per heavy atom. The van der Waals surface area contributed by atoms with Crippen LogP contribution in [0.5, 0.6) is 0 Å². The third-order valence-electron chi connectivity index (χ3n) is 5.65. The van der Waals surface area contributed by atoms with Crippen LogP contribution in [0.25, 0.3) is 11.4 Å². The van der Waals surface area contributed by atoms with Crippen molar-refractivity contribution in [2.24, 2.45) is 0 Å². The van der Waals surface area contributed by atoms with Gasteiger partial charge in [0.2, 0.25) is 23.5 Å². The molecule has 10 nitrogen and oxygen atoms in total. The zero-order valence-electron chi connectivity index (χ0n) is 17.2. The van der Waals surface area contributed by atoms with E-state index in [1.54, 1.807) is 42.5 Å². The second-order valence-electron chi connectivity index (χ2n) is 7.70. The van der Waals surface area contributed by atoms with Crippen LogP contribution in [0, 0.1) is 0 Å². The molecular formula is C22H18ClN7O3. The second-order valence-corrected chi connectivity index (χ2v) is 8.13. The van der Waals surface area contributed by atoms with Gasteiger partial charge in [-0.15, -0.1) is 10.2 Å². The first-order valence-corrected chi connectivity index (χ1v) is 10.6. The quantitative estimate of drug-likeness (QED) is 0.529. The van der Waals surface area contributed by atoms with E-state index in [0.717, 1.165) is 11.1 Å². The van der Waals surface area contributed by atoms with Gasteiger partial charge in [-0.2, -0.15) is 5.21 Å². The number of anilines is 1. The first-order chi connectivity index (χ1) is 16.0. The highest BCUT2D eigenvalue weighted by atomic mass is 35.5. The molecular weight excluding hydrogens is 446 g/mol. The minimum Gasteiger partial charge on any atom is -0.347 e. The lowest BCUT2D eigenvalue weighted by Crippen LogP contribution is -2.42. The number of rotatable bonds is 5. The lowest BCUT2D eigenvalue weighted by molar-refractivity contribution is -0.133. The summed E-state index contributed by atoms with van der Waals surface area (Å²) in [5, 5.41) is 19.8. The van der Waals surface area contributed by atoms with Crippen molar-refractivity contribution < 1.29 is 14.4 Å². The molecule has 1 unspecified atom stereocenters. The number of tetrazole rings is 1. The molecule has 3 aromatic rings. The molecule has 3 amide bonds. The number of benzene rings is 2. The van der Waals surface area contributed by atoms with Gasteiger partial charge in [-0.3, -0.25) is 14.4 Å². The van der Waals surface area contributed by atoms with Crippen LogP contribution in [-0.2, 0) is 14.4 Å². The third kappa shape index (κ3) is 4.08. The normalized spacial score (nSPS) is 17.7. The molecule has 0 saturated carbocycles. The number of hydrogen-bond acceptors (Lipinski definition) is 6. The van der Waals surface area contributed by atoms with Crippen LogP contribution in [0.15, 0.2) is 59.8 Å². The van der Waals surface area contributed by atoms with Crippen LogP contribution in [0.3, 0.4) is 0 Å². The number of amides is 3. The maximum Gasteiger partial charge on any atom is 0.250 e. The largest absolute Gasteiger partial charge is 0.347 e. The highest BCUT2D eigenvalue weighted by molar-refractivity contribution is 6.30. The lowest BCUT2D eigenvalue weighted by atomic mass is 9.84. The van der Waals surface area contributed by atoms with E-state index in [9.17, 15) is 14.4 Å². The van der Waals surface area contributed by atoms with Gasteiger partial charge in [0.15, 0.2) is 0 Å². The smallest absolute Gasteiger partial charge is 0.250 e. The van der Waals surface area contributed by atoms with Crippen molar-refractivity contribution in [3.8, 4) is 11.4 Å². The lowest BCUT2D eigenvalue weighted by Gasteiger charge is -2.32. The molecule has 2 aliphatic heterocycles. The van der Waals surface area contributed by atoms with E-state index in [-0.39, 0.29) is 37.2 Å². The fraction of sp³-hybridized carbons (Fsp3) is 0.182.